The Hall–Kier alpha value is -2.57. The van der Waals surface area contributed by atoms with Crippen molar-refractivity contribution in [3.63, 3.8) is 0 Å². The summed E-state index contributed by atoms with van der Waals surface area (Å²) in [4.78, 5) is 0. The van der Waals surface area contributed by atoms with Gasteiger partial charge >= 0.3 is 0 Å². The average Bonchev–Trinajstić information content (AvgIpc) is 3.14. The summed E-state index contributed by atoms with van der Waals surface area (Å²) in [5.41, 5.74) is 1.58. The van der Waals surface area contributed by atoms with Crippen molar-refractivity contribution in [1.82, 2.24) is 15.1 Å². The van der Waals surface area contributed by atoms with Crippen LogP contribution in [0.5, 0.6) is 0 Å². The largest absolute Gasteiger partial charge is 0.387 e. The van der Waals surface area contributed by atoms with Gasteiger partial charge in [0.1, 0.15) is 11.6 Å². The minimum absolute atomic E-state index is 0.0328. The van der Waals surface area contributed by atoms with E-state index >= 15 is 0 Å². The van der Waals surface area contributed by atoms with E-state index in [0.29, 0.717) is 0 Å². The minimum Gasteiger partial charge on any atom is -0.387 e. The van der Waals surface area contributed by atoms with Gasteiger partial charge < -0.3 is 10.4 Å². The minimum atomic E-state index is -1.27. The van der Waals surface area contributed by atoms with E-state index in [9.17, 15) is 13.9 Å². The van der Waals surface area contributed by atoms with Gasteiger partial charge in [0, 0.05) is 25.0 Å². The van der Waals surface area contributed by atoms with Crippen LogP contribution in [0, 0.1) is 11.6 Å². The zero-order valence-electron chi connectivity index (χ0n) is 13.7. The summed E-state index contributed by atoms with van der Waals surface area (Å²) < 4.78 is 29.2. The monoisotopic (exact) mass is 343 g/mol. The third-order valence-corrected chi connectivity index (χ3v) is 4.09. The highest BCUT2D eigenvalue weighted by Crippen LogP contribution is 2.22. The lowest BCUT2D eigenvalue weighted by atomic mass is 10.1. The maximum atomic E-state index is 13.7. The van der Waals surface area contributed by atoms with E-state index < -0.39 is 17.7 Å². The predicted molar refractivity (Wildman–Crippen MR) is 91.3 cm³/mol. The predicted octanol–water partition coefficient (Wildman–Crippen LogP) is 3.53. The fourth-order valence-electron chi connectivity index (χ4n) is 2.70. The molecular formula is C19H19F2N3O. The first-order valence-electron chi connectivity index (χ1n) is 8.01. The number of halogens is 2. The molecular weight excluding hydrogens is 324 g/mol. The van der Waals surface area contributed by atoms with Crippen molar-refractivity contribution in [3.8, 4) is 5.69 Å². The second-order valence-electron chi connectivity index (χ2n) is 5.83. The molecule has 0 amide bonds. The SMILES string of the molecule is CC(NCC(O)c1c(F)cccc1F)c1cccc(-n2cccn2)c1. The maximum absolute atomic E-state index is 13.7. The second-order valence-corrected chi connectivity index (χ2v) is 5.83. The van der Waals surface area contributed by atoms with Crippen LogP contribution in [0.3, 0.4) is 0 Å². The summed E-state index contributed by atoms with van der Waals surface area (Å²) >= 11 is 0. The van der Waals surface area contributed by atoms with Crippen molar-refractivity contribution >= 4 is 0 Å². The number of aliphatic hydroxyl groups excluding tert-OH is 1. The Morgan fingerprint density at radius 1 is 1.12 bits per heavy atom. The Morgan fingerprint density at radius 3 is 2.52 bits per heavy atom. The van der Waals surface area contributed by atoms with Crippen LogP contribution < -0.4 is 5.32 Å². The summed E-state index contributed by atoms with van der Waals surface area (Å²) in [5.74, 6) is -1.50. The number of benzene rings is 2. The van der Waals surface area contributed by atoms with Gasteiger partial charge in [-0.15, -0.1) is 0 Å². The Bertz CT molecular complexity index is 816. The molecule has 0 fully saturated rings. The Labute approximate surface area is 144 Å². The van der Waals surface area contributed by atoms with Crippen LogP contribution in [0.1, 0.15) is 30.2 Å². The maximum Gasteiger partial charge on any atom is 0.131 e. The van der Waals surface area contributed by atoms with Gasteiger partial charge in [-0.2, -0.15) is 5.10 Å². The molecule has 3 aromatic rings. The molecule has 6 heteroatoms. The smallest absolute Gasteiger partial charge is 0.131 e. The Morgan fingerprint density at radius 2 is 1.84 bits per heavy atom. The molecule has 0 saturated heterocycles. The quantitative estimate of drug-likeness (QED) is 0.720. The highest BCUT2D eigenvalue weighted by Gasteiger charge is 2.18. The first kappa shape index (κ1) is 17.3. The number of hydrogen-bond acceptors (Lipinski definition) is 3. The molecule has 0 aliphatic rings. The van der Waals surface area contributed by atoms with Gasteiger partial charge in [0.2, 0.25) is 0 Å². The zero-order valence-corrected chi connectivity index (χ0v) is 13.7. The van der Waals surface area contributed by atoms with Crippen molar-refractivity contribution in [3.05, 3.63) is 83.7 Å². The van der Waals surface area contributed by atoms with E-state index in [2.05, 4.69) is 10.4 Å². The number of nitrogens with one attached hydrogen (secondary N) is 1. The Kier molecular flexibility index (Phi) is 5.21. The van der Waals surface area contributed by atoms with Crippen molar-refractivity contribution in [2.45, 2.75) is 19.1 Å². The van der Waals surface area contributed by atoms with Crippen LogP contribution in [-0.4, -0.2) is 21.4 Å². The molecule has 25 heavy (non-hydrogen) atoms. The van der Waals surface area contributed by atoms with Crippen LogP contribution in [0.4, 0.5) is 8.78 Å². The first-order valence-corrected chi connectivity index (χ1v) is 8.01. The molecule has 3 rings (SSSR count). The van der Waals surface area contributed by atoms with E-state index in [4.69, 9.17) is 0 Å². The van der Waals surface area contributed by atoms with E-state index in [1.54, 1.807) is 10.9 Å². The van der Waals surface area contributed by atoms with Crippen molar-refractivity contribution in [1.29, 1.82) is 0 Å². The molecule has 2 unspecified atom stereocenters. The normalized spacial score (nSPS) is 13.6. The van der Waals surface area contributed by atoms with Gasteiger partial charge in [0.15, 0.2) is 0 Å². The van der Waals surface area contributed by atoms with Gasteiger partial charge in [0.05, 0.1) is 17.4 Å². The highest BCUT2D eigenvalue weighted by atomic mass is 19.1. The molecule has 0 bridgehead atoms. The topological polar surface area (TPSA) is 50.1 Å². The molecule has 0 spiro atoms. The molecule has 0 radical (unpaired) electrons. The summed E-state index contributed by atoms with van der Waals surface area (Å²) in [7, 11) is 0. The van der Waals surface area contributed by atoms with E-state index in [1.807, 2.05) is 43.5 Å². The number of aliphatic hydroxyl groups is 1. The summed E-state index contributed by atoms with van der Waals surface area (Å²) in [6.45, 7) is 1.96. The van der Waals surface area contributed by atoms with Crippen molar-refractivity contribution < 1.29 is 13.9 Å². The van der Waals surface area contributed by atoms with E-state index in [0.717, 1.165) is 23.4 Å². The van der Waals surface area contributed by atoms with Gasteiger partial charge in [-0.3, -0.25) is 0 Å². The first-order chi connectivity index (χ1) is 12.1. The van der Waals surface area contributed by atoms with Crippen molar-refractivity contribution in [2.75, 3.05) is 6.54 Å². The molecule has 0 aliphatic heterocycles. The van der Waals surface area contributed by atoms with Crippen LogP contribution >= 0.6 is 0 Å². The van der Waals surface area contributed by atoms with Gasteiger partial charge in [-0.1, -0.05) is 18.2 Å². The summed E-state index contributed by atoms with van der Waals surface area (Å²) in [6, 6.07) is 13.0. The molecule has 1 heterocycles. The van der Waals surface area contributed by atoms with Gasteiger partial charge in [-0.25, -0.2) is 13.5 Å². The Balaban J connectivity index is 1.69. The molecule has 130 valence electrons. The van der Waals surface area contributed by atoms with Crippen LogP contribution in [0.2, 0.25) is 0 Å². The number of nitrogens with zero attached hydrogens (tertiary/aromatic N) is 2. The average molecular weight is 343 g/mol. The molecule has 2 aromatic carbocycles. The van der Waals surface area contributed by atoms with Gasteiger partial charge in [0.25, 0.3) is 0 Å². The van der Waals surface area contributed by atoms with Gasteiger partial charge in [-0.05, 0) is 42.8 Å². The fourth-order valence-corrected chi connectivity index (χ4v) is 2.70. The third-order valence-electron chi connectivity index (χ3n) is 4.09. The zero-order chi connectivity index (χ0) is 17.8. The summed E-state index contributed by atoms with van der Waals surface area (Å²) in [5, 5.41) is 17.4. The number of aromatic nitrogens is 2. The van der Waals surface area contributed by atoms with Crippen molar-refractivity contribution in [2.24, 2.45) is 0 Å². The lowest BCUT2D eigenvalue weighted by Crippen LogP contribution is -2.25. The summed E-state index contributed by atoms with van der Waals surface area (Å²) in [6.07, 6.45) is 2.29. The molecule has 0 aliphatic carbocycles. The molecule has 2 atom stereocenters. The van der Waals surface area contributed by atoms with Crippen LogP contribution in [-0.2, 0) is 0 Å². The fraction of sp³-hybridized carbons (Fsp3) is 0.211. The van der Waals surface area contributed by atoms with Crippen LogP contribution in [0.25, 0.3) is 5.69 Å². The molecule has 2 N–H and O–H groups in total. The number of hydrogen-bond donors (Lipinski definition) is 2. The number of rotatable bonds is 6. The second kappa shape index (κ2) is 7.55. The van der Waals surface area contributed by atoms with Crippen LogP contribution in [0.15, 0.2) is 60.9 Å². The lowest BCUT2D eigenvalue weighted by molar-refractivity contribution is 0.161. The third kappa shape index (κ3) is 3.92. The van der Waals surface area contributed by atoms with E-state index in [1.165, 1.54) is 6.07 Å². The van der Waals surface area contributed by atoms with E-state index in [-0.39, 0.29) is 18.2 Å². The molecule has 1 aromatic heterocycles. The standard InChI is InChI=1S/C19H19F2N3O/c1-13(14-5-2-6-15(11-14)24-10-4-9-23-24)22-12-18(25)19-16(20)7-3-8-17(19)21/h2-11,13,18,22,25H,12H2,1H3. The molecule has 0 saturated carbocycles. The highest BCUT2D eigenvalue weighted by molar-refractivity contribution is 5.36. The lowest BCUT2D eigenvalue weighted by Gasteiger charge is -2.19. The molecule has 4 nitrogen and oxygen atoms in total.